The highest BCUT2D eigenvalue weighted by molar-refractivity contribution is 7.18. The van der Waals surface area contributed by atoms with Crippen LogP contribution in [0, 0.1) is 6.92 Å². The van der Waals surface area contributed by atoms with Crippen molar-refractivity contribution < 1.29 is 9.59 Å². The van der Waals surface area contributed by atoms with E-state index in [9.17, 15) is 9.59 Å². The molecule has 1 atom stereocenters. The number of rotatable bonds is 4. The Labute approximate surface area is 144 Å². The Balaban J connectivity index is 1.69. The van der Waals surface area contributed by atoms with Crippen LogP contribution in [0.2, 0.25) is 0 Å². The Morgan fingerprint density at radius 1 is 1.29 bits per heavy atom. The molecule has 2 aromatic rings. The molecule has 1 aromatic carbocycles. The topological polar surface area (TPSA) is 75.2 Å². The normalized spacial score (nSPS) is 17.1. The average molecular weight is 344 g/mol. The smallest absolute Gasteiger partial charge is 0.249 e. The van der Waals surface area contributed by atoms with E-state index in [2.05, 4.69) is 15.5 Å². The second-order valence-electron chi connectivity index (χ2n) is 5.87. The number of nitrogens with zero attached hydrogens (tertiary/aromatic N) is 3. The van der Waals surface area contributed by atoms with Crippen LogP contribution in [-0.2, 0) is 9.59 Å². The first-order valence-electron chi connectivity index (χ1n) is 8.09. The molecule has 1 unspecified atom stereocenters. The second-order valence-corrected chi connectivity index (χ2v) is 6.84. The van der Waals surface area contributed by atoms with Crippen LogP contribution in [0.25, 0.3) is 10.6 Å². The number of aromatic nitrogens is 2. The van der Waals surface area contributed by atoms with Crippen LogP contribution in [-0.4, -0.2) is 39.5 Å². The number of carbonyl (C=O) groups is 2. The minimum atomic E-state index is -0.399. The summed E-state index contributed by atoms with van der Waals surface area (Å²) in [5.41, 5.74) is 2.15. The lowest BCUT2D eigenvalue weighted by Gasteiger charge is -2.22. The summed E-state index contributed by atoms with van der Waals surface area (Å²) in [6, 6.07) is 7.60. The predicted octanol–water partition coefficient (Wildman–Crippen LogP) is 2.85. The molecule has 0 aliphatic carbocycles. The standard InChI is InChI=1S/C17H20N4O2S/c1-3-14(22)21-10-4-5-13(21)15(23)18-17-20-19-16(24-17)12-8-6-11(2)7-9-12/h6-9,13H,3-5,10H2,1-2H3,(H,18,20,23). The van der Waals surface area contributed by atoms with E-state index in [-0.39, 0.29) is 11.8 Å². The lowest BCUT2D eigenvalue weighted by molar-refractivity contribution is -0.136. The molecule has 7 heteroatoms. The summed E-state index contributed by atoms with van der Waals surface area (Å²) in [7, 11) is 0. The molecule has 1 fully saturated rings. The van der Waals surface area contributed by atoms with E-state index in [4.69, 9.17) is 0 Å². The van der Waals surface area contributed by atoms with E-state index in [1.807, 2.05) is 38.1 Å². The van der Waals surface area contributed by atoms with Gasteiger partial charge in [-0.25, -0.2) is 0 Å². The molecule has 3 rings (SSSR count). The maximum absolute atomic E-state index is 12.5. The van der Waals surface area contributed by atoms with Crippen molar-refractivity contribution in [3.05, 3.63) is 29.8 Å². The Morgan fingerprint density at radius 2 is 2.04 bits per heavy atom. The number of aryl methyl sites for hydroxylation is 1. The first kappa shape index (κ1) is 16.6. The summed E-state index contributed by atoms with van der Waals surface area (Å²) in [6.45, 7) is 4.49. The molecule has 0 radical (unpaired) electrons. The molecule has 2 amide bonds. The van der Waals surface area contributed by atoms with Gasteiger partial charge in [0.2, 0.25) is 16.9 Å². The van der Waals surface area contributed by atoms with Gasteiger partial charge in [-0.05, 0) is 19.8 Å². The second kappa shape index (κ2) is 7.09. The van der Waals surface area contributed by atoms with Gasteiger partial charge < -0.3 is 4.90 Å². The third-order valence-corrected chi connectivity index (χ3v) is 5.02. The number of hydrogen-bond acceptors (Lipinski definition) is 5. The molecule has 6 nitrogen and oxygen atoms in total. The molecule has 1 N–H and O–H groups in total. The number of nitrogens with one attached hydrogen (secondary N) is 1. The minimum absolute atomic E-state index is 0.0188. The number of amides is 2. The summed E-state index contributed by atoms with van der Waals surface area (Å²) in [4.78, 5) is 26.1. The van der Waals surface area contributed by atoms with Crippen molar-refractivity contribution in [1.82, 2.24) is 15.1 Å². The molecule has 1 saturated heterocycles. The van der Waals surface area contributed by atoms with Crippen LogP contribution >= 0.6 is 11.3 Å². The molecule has 1 aliphatic heterocycles. The lowest BCUT2D eigenvalue weighted by atomic mass is 10.2. The number of anilines is 1. The maximum atomic E-state index is 12.5. The van der Waals surface area contributed by atoms with Crippen molar-refractivity contribution in [3.63, 3.8) is 0 Å². The highest BCUT2D eigenvalue weighted by atomic mass is 32.1. The van der Waals surface area contributed by atoms with Crippen LogP contribution in [0.3, 0.4) is 0 Å². The highest BCUT2D eigenvalue weighted by Crippen LogP contribution is 2.27. The van der Waals surface area contributed by atoms with E-state index in [0.29, 0.717) is 24.5 Å². The van der Waals surface area contributed by atoms with Gasteiger partial charge in [0.1, 0.15) is 11.0 Å². The minimum Gasteiger partial charge on any atom is -0.331 e. The predicted molar refractivity (Wildman–Crippen MR) is 93.7 cm³/mol. The highest BCUT2D eigenvalue weighted by Gasteiger charge is 2.33. The molecule has 0 bridgehead atoms. The van der Waals surface area contributed by atoms with E-state index in [1.54, 1.807) is 4.90 Å². The zero-order chi connectivity index (χ0) is 17.1. The van der Waals surface area contributed by atoms with Gasteiger partial charge in [-0.3, -0.25) is 14.9 Å². The van der Waals surface area contributed by atoms with Gasteiger partial charge in [0.25, 0.3) is 0 Å². The fourth-order valence-corrected chi connectivity index (χ4v) is 3.57. The van der Waals surface area contributed by atoms with Gasteiger partial charge >= 0.3 is 0 Å². The molecule has 126 valence electrons. The lowest BCUT2D eigenvalue weighted by Crippen LogP contribution is -2.42. The third kappa shape index (κ3) is 3.46. The Bertz CT molecular complexity index is 741. The van der Waals surface area contributed by atoms with Crippen LogP contribution in [0.1, 0.15) is 31.7 Å². The molecule has 0 spiro atoms. The number of hydrogen-bond donors (Lipinski definition) is 1. The van der Waals surface area contributed by atoms with Crippen molar-refractivity contribution in [1.29, 1.82) is 0 Å². The SMILES string of the molecule is CCC(=O)N1CCCC1C(=O)Nc1nnc(-c2ccc(C)cc2)s1. The van der Waals surface area contributed by atoms with Gasteiger partial charge in [0.15, 0.2) is 0 Å². The maximum Gasteiger partial charge on any atom is 0.249 e. The summed E-state index contributed by atoms with van der Waals surface area (Å²) in [5.74, 6) is -0.161. The number of carbonyl (C=O) groups excluding carboxylic acids is 2. The molecular formula is C17H20N4O2S. The number of benzene rings is 1. The van der Waals surface area contributed by atoms with Crippen molar-refractivity contribution >= 4 is 28.3 Å². The monoisotopic (exact) mass is 344 g/mol. The molecule has 24 heavy (non-hydrogen) atoms. The van der Waals surface area contributed by atoms with E-state index in [0.717, 1.165) is 17.0 Å². The van der Waals surface area contributed by atoms with Crippen molar-refractivity contribution in [2.45, 2.75) is 39.2 Å². The molecular weight excluding hydrogens is 324 g/mol. The van der Waals surface area contributed by atoms with Gasteiger partial charge in [-0.1, -0.05) is 48.1 Å². The first-order chi connectivity index (χ1) is 11.6. The molecule has 1 aromatic heterocycles. The van der Waals surface area contributed by atoms with Gasteiger partial charge in [0.05, 0.1) is 0 Å². The van der Waals surface area contributed by atoms with Crippen molar-refractivity contribution in [2.75, 3.05) is 11.9 Å². The zero-order valence-corrected chi connectivity index (χ0v) is 14.6. The summed E-state index contributed by atoms with van der Waals surface area (Å²) >= 11 is 1.34. The quantitative estimate of drug-likeness (QED) is 0.925. The Hall–Kier alpha value is -2.28. The van der Waals surface area contributed by atoms with E-state index >= 15 is 0 Å². The first-order valence-corrected chi connectivity index (χ1v) is 8.91. The zero-order valence-electron chi connectivity index (χ0n) is 13.8. The Morgan fingerprint density at radius 3 is 2.75 bits per heavy atom. The number of likely N-dealkylation sites (tertiary alicyclic amines) is 1. The summed E-state index contributed by atoms with van der Waals surface area (Å²) < 4.78 is 0. The van der Waals surface area contributed by atoms with Crippen LogP contribution in [0.5, 0.6) is 0 Å². The fraction of sp³-hybridized carbons (Fsp3) is 0.412. The largest absolute Gasteiger partial charge is 0.331 e. The van der Waals surface area contributed by atoms with Gasteiger partial charge in [-0.15, -0.1) is 10.2 Å². The Kier molecular flexibility index (Phi) is 4.89. The van der Waals surface area contributed by atoms with Gasteiger partial charge in [-0.2, -0.15) is 0 Å². The van der Waals surface area contributed by atoms with E-state index < -0.39 is 6.04 Å². The van der Waals surface area contributed by atoms with Crippen LogP contribution in [0.4, 0.5) is 5.13 Å². The summed E-state index contributed by atoms with van der Waals surface area (Å²) in [5, 5.41) is 12.2. The fourth-order valence-electron chi connectivity index (χ4n) is 2.82. The van der Waals surface area contributed by atoms with Crippen LogP contribution < -0.4 is 5.32 Å². The molecule has 0 saturated carbocycles. The van der Waals surface area contributed by atoms with E-state index in [1.165, 1.54) is 16.9 Å². The average Bonchev–Trinajstić information content (AvgIpc) is 3.24. The van der Waals surface area contributed by atoms with Crippen molar-refractivity contribution in [2.24, 2.45) is 0 Å². The van der Waals surface area contributed by atoms with Crippen molar-refractivity contribution in [3.8, 4) is 10.6 Å². The van der Waals surface area contributed by atoms with Crippen LogP contribution in [0.15, 0.2) is 24.3 Å². The molecule has 2 heterocycles. The summed E-state index contributed by atoms with van der Waals surface area (Å²) in [6.07, 6.45) is 1.97. The van der Waals surface area contributed by atoms with Gasteiger partial charge in [0, 0.05) is 18.5 Å². The third-order valence-electron chi connectivity index (χ3n) is 4.13. The molecule has 1 aliphatic rings.